The van der Waals surface area contributed by atoms with Gasteiger partial charge >= 0.3 is 0 Å². The Balaban J connectivity index is 2.42. The van der Waals surface area contributed by atoms with Crippen molar-refractivity contribution in [3.8, 4) is 11.5 Å². The normalized spacial score (nSPS) is 15.6. The molecule has 0 aliphatic carbocycles. The second kappa shape index (κ2) is 4.56. The van der Waals surface area contributed by atoms with Crippen LogP contribution in [0.15, 0.2) is 12.1 Å². The summed E-state index contributed by atoms with van der Waals surface area (Å²) in [7, 11) is 0. The molecule has 16 heavy (non-hydrogen) atoms. The summed E-state index contributed by atoms with van der Waals surface area (Å²) < 4.78 is 11.2. The van der Waals surface area contributed by atoms with E-state index in [2.05, 4.69) is 6.07 Å². The van der Waals surface area contributed by atoms with Gasteiger partial charge in [0.1, 0.15) is 19.5 Å². The van der Waals surface area contributed by atoms with Crippen LogP contribution < -0.4 is 9.47 Å². The molecule has 3 nitrogen and oxygen atoms in total. The molecule has 0 spiro atoms. The van der Waals surface area contributed by atoms with Crippen LogP contribution in [0.3, 0.4) is 0 Å². The first kappa shape index (κ1) is 11.0. The van der Waals surface area contributed by atoms with Gasteiger partial charge in [-0.25, -0.2) is 0 Å². The number of ether oxygens (including phenoxy) is 2. The van der Waals surface area contributed by atoms with E-state index in [1.54, 1.807) is 0 Å². The quantitative estimate of drug-likeness (QED) is 0.734. The van der Waals surface area contributed by atoms with Crippen molar-refractivity contribution in [3.05, 3.63) is 23.3 Å². The first-order valence-corrected chi connectivity index (χ1v) is 5.56. The molecule has 0 fully saturated rings. The van der Waals surface area contributed by atoms with E-state index < -0.39 is 0 Å². The maximum absolute atomic E-state index is 10.6. The van der Waals surface area contributed by atoms with Crippen LogP contribution in [-0.4, -0.2) is 19.5 Å². The van der Waals surface area contributed by atoms with Crippen molar-refractivity contribution in [2.75, 3.05) is 13.2 Å². The maximum Gasteiger partial charge on any atom is 0.164 e. The number of carbonyl (C=O) groups excluding carboxylic acids is 1. The van der Waals surface area contributed by atoms with Gasteiger partial charge in [0.05, 0.1) is 0 Å². The fourth-order valence-corrected chi connectivity index (χ4v) is 1.96. The number of hydrogen-bond acceptors (Lipinski definition) is 3. The Morgan fingerprint density at radius 2 is 2.12 bits per heavy atom. The number of aryl methyl sites for hydroxylation is 1. The third-order valence-electron chi connectivity index (χ3n) is 2.80. The van der Waals surface area contributed by atoms with Gasteiger partial charge in [-0.05, 0) is 24.5 Å². The molecule has 1 aliphatic heterocycles. The third kappa shape index (κ3) is 2.03. The van der Waals surface area contributed by atoms with E-state index in [0.717, 1.165) is 28.9 Å². The summed E-state index contributed by atoms with van der Waals surface area (Å²) in [6.07, 6.45) is 1.46. The van der Waals surface area contributed by atoms with Gasteiger partial charge in [-0.15, -0.1) is 0 Å². The number of hydrogen-bond donors (Lipinski definition) is 0. The number of aldehydes is 1. The van der Waals surface area contributed by atoms with Crippen molar-refractivity contribution < 1.29 is 14.3 Å². The number of fused-ring (bicyclic) bond motifs is 1. The molecule has 0 aromatic heterocycles. The Hall–Kier alpha value is -1.51. The van der Waals surface area contributed by atoms with Gasteiger partial charge in [0.15, 0.2) is 11.5 Å². The maximum atomic E-state index is 10.6. The van der Waals surface area contributed by atoms with Crippen LogP contribution >= 0.6 is 0 Å². The molecule has 1 aromatic rings. The van der Waals surface area contributed by atoms with Gasteiger partial charge in [0, 0.05) is 12.0 Å². The van der Waals surface area contributed by atoms with E-state index >= 15 is 0 Å². The molecule has 86 valence electrons. The molecule has 0 N–H and O–H groups in total. The van der Waals surface area contributed by atoms with E-state index in [-0.39, 0.29) is 5.92 Å². The largest absolute Gasteiger partial charge is 0.486 e. The molecule has 0 radical (unpaired) electrons. The molecule has 0 amide bonds. The minimum atomic E-state index is 0.174. The van der Waals surface area contributed by atoms with Gasteiger partial charge in [0.25, 0.3) is 0 Å². The number of carbonyl (C=O) groups is 1. The van der Waals surface area contributed by atoms with Crippen LogP contribution in [-0.2, 0) is 4.79 Å². The summed E-state index contributed by atoms with van der Waals surface area (Å²) in [6.45, 7) is 5.23. The molecule has 3 heteroatoms. The second-order valence-corrected chi connectivity index (χ2v) is 4.18. The first-order valence-electron chi connectivity index (χ1n) is 5.56. The van der Waals surface area contributed by atoms with Crippen molar-refractivity contribution in [3.63, 3.8) is 0 Å². The van der Waals surface area contributed by atoms with Crippen LogP contribution in [0.5, 0.6) is 11.5 Å². The average Bonchev–Trinajstić information content (AvgIpc) is 2.28. The predicted octanol–water partition coefficient (Wildman–Crippen LogP) is 2.46. The van der Waals surface area contributed by atoms with Crippen LogP contribution in [0.4, 0.5) is 0 Å². The lowest BCUT2D eigenvalue weighted by molar-refractivity contribution is -0.108. The predicted molar refractivity (Wildman–Crippen MR) is 61.3 cm³/mol. The minimum Gasteiger partial charge on any atom is -0.486 e. The first-order chi connectivity index (χ1) is 7.72. The van der Waals surface area contributed by atoms with Crippen LogP contribution in [0.2, 0.25) is 0 Å². The van der Waals surface area contributed by atoms with E-state index in [1.165, 1.54) is 0 Å². The average molecular weight is 220 g/mol. The molecular formula is C13H16O3. The fraction of sp³-hybridized carbons (Fsp3) is 0.462. The Kier molecular flexibility index (Phi) is 3.13. The van der Waals surface area contributed by atoms with E-state index in [0.29, 0.717) is 19.6 Å². The summed E-state index contributed by atoms with van der Waals surface area (Å²) >= 11 is 0. The fourth-order valence-electron chi connectivity index (χ4n) is 1.96. The van der Waals surface area contributed by atoms with E-state index in [1.807, 2.05) is 19.9 Å². The molecule has 0 saturated carbocycles. The second-order valence-electron chi connectivity index (χ2n) is 4.18. The van der Waals surface area contributed by atoms with E-state index in [4.69, 9.17) is 9.47 Å². The van der Waals surface area contributed by atoms with E-state index in [9.17, 15) is 4.79 Å². The monoisotopic (exact) mass is 220 g/mol. The van der Waals surface area contributed by atoms with Gasteiger partial charge < -0.3 is 14.3 Å². The third-order valence-corrected chi connectivity index (χ3v) is 2.80. The molecule has 2 rings (SSSR count). The lowest BCUT2D eigenvalue weighted by atomic mass is 9.95. The van der Waals surface area contributed by atoms with Crippen molar-refractivity contribution in [2.24, 2.45) is 0 Å². The number of benzene rings is 1. The molecule has 1 atom stereocenters. The SMILES string of the molecule is Cc1cc2c(c(C(C)CC=O)c1)OCCO2. The molecule has 1 aliphatic rings. The minimum absolute atomic E-state index is 0.174. The Labute approximate surface area is 95.4 Å². The van der Waals surface area contributed by atoms with Gasteiger partial charge in [0.2, 0.25) is 0 Å². The Morgan fingerprint density at radius 1 is 1.38 bits per heavy atom. The van der Waals surface area contributed by atoms with Gasteiger partial charge in [-0.3, -0.25) is 0 Å². The lowest BCUT2D eigenvalue weighted by Crippen LogP contribution is -2.17. The van der Waals surface area contributed by atoms with Crippen LogP contribution in [0.25, 0.3) is 0 Å². The Morgan fingerprint density at radius 3 is 2.88 bits per heavy atom. The van der Waals surface area contributed by atoms with Crippen molar-refractivity contribution in [1.29, 1.82) is 0 Å². The highest BCUT2D eigenvalue weighted by Gasteiger charge is 2.20. The topological polar surface area (TPSA) is 35.5 Å². The zero-order valence-corrected chi connectivity index (χ0v) is 9.66. The highest BCUT2D eigenvalue weighted by Crippen LogP contribution is 2.39. The molecule has 0 bridgehead atoms. The van der Waals surface area contributed by atoms with Gasteiger partial charge in [-0.2, -0.15) is 0 Å². The van der Waals surface area contributed by atoms with Crippen molar-refractivity contribution >= 4 is 6.29 Å². The summed E-state index contributed by atoms with van der Waals surface area (Å²) in [5.41, 5.74) is 2.21. The number of rotatable bonds is 3. The highest BCUT2D eigenvalue weighted by atomic mass is 16.6. The summed E-state index contributed by atoms with van der Waals surface area (Å²) in [6, 6.07) is 4.05. The molecule has 1 aromatic carbocycles. The molecular weight excluding hydrogens is 204 g/mol. The molecule has 1 heterocycles. The smallest absolute Gasteiger partial charge is 0.164 e. The van der Waals surface area contributed by atoms with Crippen LogP contribution in [0.1, 0.15) is 30.4 Å². The molecule has 0 saturated heterocycles. The summed E-state index contributed by atoms with van der Waals surface area (Å²) in [4.78, 5) is 10.6. The van der Waals surface area contributed by atoms with Gasteiger partial charge in [-0.1, -0.05) is 13.0 Å². The summed E-state index contributed by atoms with van der Waals surface area (Å²) in [5.74, 6) is 1.79. The molecule has 1 unspecified atom stereocenters. The van der Waals surface area contributed by atoms with Crippen molar-refractivity contribution in [1.82, 2.24) is 0 Å². The zero-order valence-electron chi connectivity index (χ0n) is 9.66. The van der Waals surface area contributed by atoms with Crippen molar-refractivity contribution in [2.45, 2.75) is 26.2 Å². The Bertz CT molecular complexity index is 398. The lowest BCUT2D eigenvalue weighted by Gasteiger charge is -2.23. The zero-order chi connectivity index (χ0) is 11.5. The van der Waals surface area contributed by atoms with Crippen LogP contribution in [0, 0.1) is 6.92 Å². The summed E-state index contributed by atoms with van der Waals surface area (Å²) in [5, 5.41) is 0. The standard InChI is InChI=1S/C13H16O3/c1-9-7-11(10(2)3-4-14)13-12(8-9)15-5-6-16-13/h4,7-8,10H,3,5-6H2,1-2H3. The highest BCUT2D eigenvalue weighted by molar-refractivity contribution is 5.56.